The van der Waals surface area contributed by atoms with Gasteiger partial charge in [0, 0.05) is 5.56 Å². The molecule has 0 atom stereocenters. The summed E-state index contributed by atoms with van der Waals surface area (Å²) in [6.45, 7) is 5.92. The lowest BCUT2D eigenvalue weighted by atomic mass is 9.94. The van der Waals surface area contributed by atoms with E-state index >= 15 is 0 Å². The van der Waals surface area contributed by atoms with E-state index in [1.807, 2.05) is 51.1 Å². The smallest absolute Gasteiger partial charge is 0.357 e. The lowest BCUT2D eigenvalue weighted by Gasteiger charge is -2.10. The van der Waals surface area contributed by atoms with Gasteiger partial charge in [0.1, 0.15) is 11.3 Å². The van der Waals surface area contributed by atoms with Crippen LogP contribution >= 0.6 is 0 Å². The highest BCUT2D eigenvalue weighted by Gasteiger charge is 2.32. The van der Waals surface area contributed by atoms with Crippen LogP contribution in [-0.2, 0) is 9.47 Å². The second kappa shape index (κ2) is 7.68. The highest BCUT2D eigenvalue weighted by molar-refractivity contribution is 6.07. The van der Waals surface area contributed by atoms with Gasteiger partial charge in [-0.3, -0.25) is 0 Å². The number of aryl methyl sites for hydroxylation is 3. The summed E-state index contributed by atoms with van der Waals surface area (Å²) in [5.41, 5.74) is 4.98. The zero-order valence-corrected chi connectivity index (χ0v) is 16.6. The van der Waals surface area contributed by atoms with Crippen molar-refractivity contribution < 1.29 is 19.1 Å². The Bertz CT molecular complexity index is 1030. The van der Waals surface area contributed by atoms with Crippen LogP contribution in [0.1, 0.15) is 37.5 Å². The number of esters is 2. The number of carbonyl (C=O) groups excluding carboxylic acids is 2. The lowest BCUT2D eigenvalue weighted by molar-refractivity contribution is 0.0549. The molecule has 3 rings (SSSR count). The number of rotatable bonds is 4. The molecule has 0 aliphatic rings. The largest absolute Gasteiger partial charge is 0.465 e. The summed E-state index contributed by atoms with van der Waals surface area (Å²) in [5, 5.41) is 4.66. The third kappa shape index (κ3) is 3.29. The molecule has 0 spiro atoms. The van der Waals surface area contributed by atoms with Crippen LogP contribution in [0.2, 0.25) is 0 Å². The SMILES string of the molecule is COC(=O)c1c(-c2c(C)cc(C)cc2C)nn(-c2ccccc2)c1C(=O)OC. The predicted octanol–water partition coefficient (Wildman–Crippen LogP) is 4.04. The Hall–Kier alpha value is -3.41. The second-order valence-electron chi connectivity index (χ2n) is 6.58. The van der Waals surface area contributed by atoms with Crippen molar-refractivity contribution in [2.45, 2.75) is 20.8 Å². The van der Waals surface area contributed by atoms with E-state index in [1.54, 1.807) is 12.1 Å². The Labute approximate surface area is 163 Å². The average molecular weight is 378 g/mol. The van der Waals surface area contributed by atoms with Gasteiger partial charge < -0.3 is 9.47 Å². The summed E-state index contributed by atoms with van der Waals surface area (Å²) in [7, 11) is 2.55. The fraction of sp³-hybridized carbons (Fsp3) is 0.227. The maximum absolute atomic E-state index is 12.7. The van der Waals surface area contributed by atoms with Gasteiger partial charge in [-0.25, -0.2) is 14.3 Å². The molecule has 144 valence electrons. The number of hydrogen-bond acceptors (Lipinski definition) is 5. The Kier molecular flexibility index (Phi) is 5.31. The molecule has 0 saturated carbocycles. The molecule has 0 N–H and O–H groups in total. The molecule has 0 radical (unpaired) electrons. The molecule has 6 nitrogen and oxygen atoms in total. The van der Waals surface area contributed by atoms with E-state index < -0.39 is 11.9 Å². The number of aromatic nitrogens is 2. The Morgan fingerprint density at radius 2 is 1.46 bits per heavy atom. The second-order valence-corrected chi connectivity index (χ2v) is 6.58. The van der Waals surface area contributed by atoms with Crippen molar-refractivity contribution in [3.05, 3.63) is 70.4 Å². The summed E-state index contributed by atoms with van der Waals surface area (Å²) in [6.07, 6.45) is 0. The van der Waals surface area contributed by atoms with Crippen LogP contribution in [0.3, 0.4) is 0 Å². The van der Waals surface area contributed by atoms with E-state index in [-0.39, 0.29) is 11.3 Å². The first kappa shape index (κ1) is 19.4. The van der Waals surface area contributed by atoms with Crippen molar-refractivity contribution in [1.29, 1.82) is 0 Å². The number of benzene rings is 2. The number of methoxy groups -OCH3 is 2. The van der Waals surface area contributed by atoms with E-state index in [0.29, 0.717) is 11.4 Å². The number of para-hydroxylation sites is 1. The average Bonchev–Trinajstić information content (AvgIpc) is 3.06. The molecule has 0 bridgehead atoms. The lowest BCUT2D eigenvalue weighted by Crippen LogP contribution is -2.15. The minimum absolute atomic E-state index is 0.0370. The first-order valence-electron chi connectivity index (χ1n) is 8.82. The molecule has 1 heterocycles. The summed E-state index contributed by atoms with van der Waals surface area (Å²) in [5.74, 6) is -1.30. The van der Waals surface area contributed by atoms with Gasteiger partial charge in [0.15, 0.2) is 5.69 Å². The van der Waals surface area contributed by atoms with Gasteiger partial charge in [-0.15, -0.1) is 0 Å². The summed E-state index contributed by atoms with van der Waals surface area (Å²) in [6, 6.07) is 13.2. The molecule has 0 amide bonds. The first-order chi connectivity index (χ1) is 13.4. The van der Waals surface area contributed by atoms with Gasteiger partial charge >= 0.3 is 11.9 Å². The highest BCUT2D eigenvalue weighted by atomic mass is 16.5. The third-order valence-corrected chi connectivity index (χ3v) is 4.57. The van der Waals surface area contributed by atoms with Crippen molar-refractivity contribution in [1.82, 2.24) is 9.78 Å². The standard InChI is InChI=1S/C22H22N2O4/c1-13-11-14(2)17(15(3)12-13)19-18(21(25)27-4)20(22(26)28-5)24(23-19)16-9-7-6-8-10-16/h6-12H,1-5H3. The van der Waals surface area contributed by atoms with Gasteiger partial charge in [0.2, 0.25) is 0 Å². The van der Waals surface area contributed by atoms with Crippen molar-refractivity contribution in [2.75, 3.05) is 14.2 Å². The van der Waals surface area contributed by atoms with Crippen molar-refractivity contribution in [2.24, 2.45) is 0 Å². The molecule has 0 saturated heterocycles. The van der Waals surface area contributed by atoms with Gasteiger partial charge in [0.25, 0.3) is 0 Å². The quantitative estimate of drug-likeness (QED) is 0.641. The fourth-order valence-electron chi connectivity index (χ4n) is 3.48. The first-order valence-corrected chi connectivity index (χ1v) is 8.82. The molecular weight excluding hydrogens is 356 g/mol. The normalized spacial score (nSPS) is 10.6. The molecule has 1 aromatic heterocycles. The van der Waals surface area contributed by atoms with Crippen molar-refractivity contribution >= 4 is 11.9 Å². The van der Waals surface area contributed by atoms with E-state index in [1.165, 1.54) is 18.9 Å². The van der Waals surface area contributed by atoms with Crippen LogP contribution < -0.4 is 0 Å². The monoisotopic (exact) mass is 378 g/mol. The zero-order chi connectivity index (χ0) is 20.4. The van der Waals surface area contributed by atoms with E-state index in [0.717, 1.165) is 22.3 Å². The van der Waals surface area contributed by atoms with Crippen LogP contribution in [0.5, 0.6) is 0 Å². The topological polar surface area (TPSA) is 70.4 Å². The summed E-state index contributed by atoms with van der Waals surface area (Å²) < 4.78 is 11.4. The minimum Gasteiger partial charge on any atom is -0.465 e. The molecule has 3 aromatic rings. The molecule has 0 aliphatic heterocycles. The number of ether oxygens (including phenoxy) is 2. The number of carbonyl (C=O) groups is 2. The maximum Gasteiger partial charge on any atom is 0.357 e. The van der Waals surface area contributed by atoms with Gasteiger partial charge in [-0.05, 0) is 44.0 Å². The van der Waals surface area contributed by atoms with E-state index in [2.05, 4.69) is 5.10 Å². The molecular formula is C22H22N2O4. The molecule has 0 aliphatic carbocycles. The summed E-state index contributed by atoms with van der Waals surface area (Å²) in [4.78, 5) is 25.3. The molecule has 0 unspecified atom stereocenters. The highest BCUT2D eigenvalue weighted by Crippen LogP contribution is 2.33. The minimum atomic E-state index is -0.662. The van der Waals surface area contributed by atoms with Gasteiger partial charge in [-0.1, -0.05) is 35.9 Å². The van der Waals surface area contributed by atoms with Crippen molar-refractivity contribution in [3.63, 3.8) is 0 Å². The van der Waals surface area contributed by atoms with Gasteiger partial charge in [-0.2, -0.15) is 5.10 Å². The van der Waals surface area contributed by atoms with Crippen LogP contribution in [0, 0.1) is 20.8 Å². The molecule has 2 aromatic carbocycles. The van der Waals surface area contributed by atoms with Crippen LogP contribution in [-0.4, -0.2) is 35.9 Å². The third-order valence-electron chi connectivity index (χ3n) is 4.57. The van der Waals surface area contributed by atoms with Crippen LogP contribution in [0.25, 0.3) is 16.9 Å². The van der Waals surface area contributed by atoms with E-state index in [4.69, 9.17) is 9.47 Å². The van der Waals surface area contributed by atoms with Crippen LogP contribution in [0.4, 0.5) is 0 Å². The number of nitrogens with zero attached hydrogens (tertiary/aromatic N) is 2. The predicted molar refractivity (Wildman–Crippen MR) is 106 cm³/mol. The Balaban J connectivity index is 2.43. The summed E-state index contributed by atoms with van der Waals surface area (Å²) >= 11 is 0. The molecule has 6 heteroatoms. The molecule has 28 heavy (non-hydrogen) atoms. The molecule has 0 fully saturated rings. The fourth-order valence-corrected chi connectivity index (χ4v) is 3.48. The number of hydrogen-bond donors (Lipinski definition) is 0. The Morgan fingerprint density at radius 3 is 2.00 bits per heavy atom. The van der Waals surface area contributed by atoms with Gasteiger partial charge in [0.05, 0.1) is 19.9 Å². The van der Waals surface area contributed by atoms with Crippen LogP contribution in [0.15, 0.2) is 42.5 Å². The van der Waals surface area contributed by atoms with Crippen molar-refractivity contribution in [3.8, 4) is 16.9 Å². The zero-order valence-electron chi connectivity index (χ0n) is 16.6. The Morgan fingerprint density at radius 1 is 0.893 bits per heavy atom. The van der Waals surface area contributed by atoms with E-state index in [9.17, 15) is 9.59 Å². The maximum atomic E-state index is 12.7.